The molecule has 194 valence electrons. The van der Waals surface area contributed by atoms with Crippen LogP contribution in [-0.4, -0.2) is 76.6 Å². The molecule has 12 heteroatoms. The van der Waals surface area contributed by atoms with Crippen molar-refractivity contribution in [1.82, 2.24) is 45.1 Å². The molecule has 2 saturated heterocycles. The highest BCUT2D eigenvalue weighted by Crippen LogP contribution is 2.45. The molecule has 2 bridgehead atoms. The number of ketones is 1. The van der Waals surface area contributed by atoms with Gasteiger partial charge in [-0.2, -0.15) is 14.7 Å². The third-order valence-electron chi connectivity index (χ3n) is 8.19. The van der Waals surface area contributed by atoms with E-state index < -0.39 is 0 Å². The van der Waals surface area contributed by atoms with Gasteiger partial charge in [0.05, 0.1) is 23.5 Å². The third-order valence-corrected chi connectivity index (χ3v) is 8.19. The number of hydrogen-bond acceptors (Lipinski definition) is 9. The molecular formula is C26H28N10O2. The Labute approximate surface area is 218 Å². The van der Waals surface area contributed by atoms with Gasteiger partial charge in [-0.25, -0.2) is 15.4 Å². The minimum atomic E-state index is -0.138. The first-order valence-electron chi connectivity index (χ1n) is 12.9. The predicted octanol–water partition coefficient (Wildman–Crippen LogP) is 1.84. The fraction of sp³-hybridized carbons (Fsp3) is 0.385. The first kappa shape index (κ1) is 22.8. The van der Waals surface area contributed by atoms with Crippen molar-refractivity contribution >= 4 is 28.7 Å². The largest absolute Gasteiger partial charge is 0.383 e. The number of amides is 1. The van der Waals surface area contributed by atoms with E-state index in [0.717, 1.165) is 24.0 Å². The summed E-state index contributed by atoms with van der Waals surface area (Å²) in [7, 11) is 1.97. The number of nitrogens with one attached hydrogen (secondary N) is 2. The van der Waals surface area contributed by atoms with E-state index in [9.17, 15) is 9.59 Å². The molecule has 1 aliphatic carbocycles. The molecule has 12 nitrogen and oxygen atoms in total. The Bertz CT molecular complexity index is 1550. The number of anilines is 1. The summed E-state index contributed by atoms with van der Waals surface area (Å²) >= 11 is 0. The average molecular weight is 513 g/mol. The minimum Gasteiger partial charge on any atom is -0.383 e. The lowest BCUT2D eigenvalue weighted by atomic mass is 9.85. The van der Waals surface area contributed by atoms with Crippen molar-refractivity contribution in [3.05, 3.63) is 65.2 Å². The van der Waals surface area contributed by atoms with Crippen LogP contribution < -0.4 is 11.2 Å². The lowest BCUT2D eigenvalue weighted by molar-refractivity contribution is 0.0556. The molecule has 38 heavy (non-hydrogen) atoms. The number of allylic oxidation sites excluding steroid dienone is 2. The van der Waals surface area contributed by atoms with Crippen molar-refractivity contribution < 1.29 is 9.59 Å². The molecule has 4 N–H and O–H groups in total. The fourth-order valence-corrected chi connectivity index (χ4v) is 6.57. The first-order valence-corrected chi connectivity index (χ1v) is 12.9. The molecule has 4 aliphatic rings. The summed E-state index contributed by atoms with van der Waals surface area (Å²) in [6.45, 7) is 1.52. The van der Waals surface area contributed by atoms with Gasteiger partial charge in [-0.1, -0.05) is 18.2 Å². The number of piperidine rings is 1. The number of aromatic nitrogens is 6. The summed E-state index contributed by atoms with van der Waals surface area (Å²) in [5.74, 6) is 0.289. The zero-order chi connectivity index (χ0) is 26.1. The molecule has 0 radical (unpaired) electrons. The maximum Gasteiger partial charge on any atom is 0.291 e. The molecule has 3 aromatic heterocycles. The summed E-state index contributed by atoms with van der Waals surface area (Å²) in [4.78, 5) is 37.1. The second kappa shape index (κ2) is 8.35. The van der Waals surface area contributed by atoms with Crippen molar-refractivity contribution in [3.8, 4) is 0 Å². The minimum absolute atomic E-state index is 0.00390. The number of Topliss-reactive ketones (excluding diaryl/α,β-unsaturated/α-hetero) is 1. The van der Waals surface area contributed by atoms with E-state index in [1.807, 2.05) is 17.0 Å². The van der Waals surface area contributed by atoms with Crippen LogP contribution in [0.25, 0.3) is 11.2 Å². The highest BCUT2D eigenvalue weighted by Gasteiger charge is 2.45. The van der Waals surface area contributed by atoms with Crippen molar-refractivity contribution in [2.75, 3.05) is 12.8 Å². The first-order chi connectivity index (χ1) is 18.4. The van der Waals surface area contributed by atoms with Crippen molar-refractivity contribution in [3.63, 3.8) is 0 Å². The lowest BCUT2D eigenvalue weighted by Gasteiger charge is -2.38. The second-order valence-corrected chi connectivity index (χ2v) is 10.5. The molecule has 1 amide bonds. The highest BCUT2D eigenvalue weighted by atomic mass is 16.2. The Morgan fingerprint density at radius 1 is 1.16 bits per heavy atom. The Hall–Kier alpha value is -4.32. The van der Waals surface area contributed by atoms with Crippen molar-refractivity contribution in [2.45, 2.75) is 56.7 Å². The van der Waals surface area contributed by atoms with E-state index in [1.54, 1.807) is 10.7 Å². The van der Waals surface area contributed by atoms with Gasteiger partial charge in [0.1, 0.15) is 12.1 Å². The van der Waals surface area contributed by atoms with Gasteiger partial charge in [-0.05, 0) is 43.8 Å². The standard InChI is InChI=1S/C26H28N10O2/c1-13(37)21-22(16-7-17-5-6-18(8-16)35(17)26(38)24-28-12-29-32-24)31-25-19(10-30-36(25)23(21)27)14-3-4-15-11-34(2)33-20(15)9-14/h3-4,9-12,16-18,20,33H,5-8,27H2,1-2H3,(H,28,29,32)/t16?,17-,18?,20?/m0/s1. The van der Waals surface area contributed by atoms with Crippen LogP contribution >= 0.6 is 0 Å². The summed E-state index contributed by atoms with van der Waals surface area (Å²) < 4.78 is 1.57. The van der Waals surface area contributed by atoms with Crippen LogP contribution in [-0.2, 0) is 0 Å². The molecule has 0 saturated carbocycles. The normalized spacial score (nSPS) is 26.1. The maximum absolute atomic E-state index is 13.1. The number of hydrazine groups is 1. The quantitative estimate of drug-likeness (QED) is 0.445. The Morgan fingerprint density at radius 3 is 2.66 bits per heavy atom. The van der Waals surface area contributed by atoms with Crippen molar-refractivity contribution in [1.29, 1.82) is 0 Å². The SMILES string of the molecule is CC(=O)c1c(C2CC3CC[C@@H](C2)N3C(=O)c2ncn[nH]2)nc2c(C3=CC4NN(C)C=C4C=C3)cnn2c1N. The van der Waals surface area contributed by atoms with Gasteiger partial charge in [-0.15, -0.1) is 0 Å². The van der Waals surface area contributed by atoms with Gasteiger partial charge in [-0.3, -0.25) is 14.7 Å². The van der Waals surface area contributed by atoms with Gasteiger partial charge in [0.2, 0.25) is 5.82 Å². The predicted molar refractivity (Wildman–Crippen MR) is 139 cm³/mol. The number of hydrogen-bond donors (Lipinski definition) is 3. The number of carbonyl (C=O) groups is 2. The number of nitrogens with two attached hydrogens (primary N) is 1. The molecule has 2 fully saturated rings. The van der Waals surface area contributed by atoms with Gasteiger partial charge >= 0.3 is 0 Å². The number of aromatic amines is 1. The van der Waals surface area contributed by atoms with Crippen LogP contribution in [0, 0.1) is 0 Å². The third kappa shape index (κ3) is 3.40. The summed E-state index contributed by atoms with van der Waals surface area (Å²) in [6.07, 6.45) is 14.7. The number of nitrogen functional groups attached to an aromatic ring is 1. The molecule has 7 rings (SSSR count). The van der Waals surface area contributed by atoms with E-state index in [2.05, 4.69) is 50.1 Å². The van der Waals surface area contributed by atoms with Crippen LogP contribution in [0.5, 0.6) is 0 Å². The van der Waals surface area contributed by atoms with E-state index in [0.29, 0.717) is 35.6 Å². The van der Waals surface area contributed by atoms with Gasteiger partial charge in [0.25, 0.3) is 5.91 Å². The maximum atomic E-state index is 13.1. The Morgan fingerprint density at radius 2 is 1.95 bits per heavy atom. The Balaban J connectivity index is 1.27. The molecule has 3 aliphatic heterocycles. The second-order valence-electron chi connectivity index (χ2n) is 10.5. The van der Waals surface area contributed by atoms with E-state index in [4.69, 9.17) is 10.7 Å². The smallest absolute Gasteiger partial charge is 0.291 e. The van der Waals surface area contributed by atoms with Crippen molar-refractivity contribution in [2.24, 2.45) is 0 Å². The van der Waals surface area contributed by atoms with E-state index in [-0.39, 0.29) is 41.6 Å². The highest BCUT2D eigenvalue weighted by molar-refractivity contribution is 6.00. The molecule has 0 spiro atoms. The van der Waals surface area contributed by atoms with Gasteiger partial charge < -0.3 is 15.6 Å². The molecule has 0 aromatic carbocycles. The fourth-order valence-electron chi connectivity index (χ4n) is 6.57. The van der Waals surface area contributed by atoms with E-state index in [1.165, 1.54) is 18.8 Å². The van der Waals surface area contributed by atoms with Gasteiger partial charge in [0, 0.05) is 36.8 Å². The van der Waals surface area contributed by atoms with Crippen LogP contribution in [0.3, 0.4) is 0 Å². The number of rotatable bonds is 4. The van der Waals surface area contributed by atoms with Gasteiger partial charge in [0.15, 0.2) is 11.4 Å². The number of H-pyrrole nitrogens is 1. The monoisotopic (exact) mass is 512 g/mol. The summed E-state index contributed by atoms with van der Waals surface area (Å²) in [5, 5.41) is 13.0. The molecule has 4 atom stereocenters. The molecule has 3 aromatic rings. The summed E-state index contributed by atoms with van der Waals surface area (Å²) in [5.41, 5.74) is 14.8. The van der Waals surface area contributed by atoms with Crippen LogP contribution in [0.2, 0.25) is 0 Å². The molecule has 3 unspecified atom stereocenters. The molecule has 6 heterocycles. The van der Waals surface area contributed by atoms with Crippen LogP contribution in [0.15, 0.2) is 42.5 Å². The van der Waals surface area contributed by atoms with Crippen LogP contribution in [0.1, 0.15) is 70.8 Å². The number of fused-ring (bicyclic) bond motifs is 4. The Kier molecular flexibility index (Phi) is 5.02. The van der Waals surface area contributed by atoms with E-state index >= 15 is 0 Å². The topological polar surface area (TPSA) is 150 Å². The zero-order valence-electron chi connectivity index (χ0n) is 21.1. The lowest BCUT2D eigenvalue weighted by Crippen LogP contribution is -2.46. The summed E-state index contributed by atoms with van der Waals surface area (Å²) in [6, 6.07) is 0.156. The molecular weight excluding hydrogens is 484 g/mol. The number of nitrogens with zero attached hydrogens (tertiary/aromatic N) is 7. The number of carbonyl (C=O) groups excluding carboxylic acids is 2. The van der Waals surface area contributed by atoms with Crippen LogP contribution in [0.4, 0.5) is 5.82 Å². The average Bonchev–Trinajstić information content (AvgIpc) is 3.68. The zero-order valence-corrected chi connectivity index (χ0v) is 21.1.